The molecule has 1 saturated heterocycles. The lowest BCUT2D eigenvalue weighted by atomic mass is 10.2. The Bertz CT molecular complexity index is 439. The lowest BCUT2D eigenvalue weighted by molar-refractivity contribution is -0.116. The molecule has 2 N–H and O–H groups in total. The predicted molar refractivity (Wildman–Crippen MR) is 85.9 cm³/mol. The van der Waals surface area contributed by atoms with Crippen molar-refractivity contribution in [3.63, 3.8) is 0 Å². The summed E-state index contributed by atoms with van der Waals surface area (Å²) in [6.45, 7) is 2.39. The first-order valence-corrected chi connectivity index (χ1v) is 7.55. The van der Waals surface area contributed by atoms with E-state index in [1.165, 1.54) is 0 Å². The zero-order valence-electron chi connectivity index (χ0n) is 12.9. The highest BCUT2D eigenvalue weighted by Gasteiger charge is 2.14. The topological polar surface area (TPSA) is 53.6 Å². The first-order valence-electron chi connectivity index (χ1n) is 7.55. The minimum Gasteiger partial charge on any atom is -0.378 e. The van der Waals surface area contributed by atoms with Crippen molar-refractivity contribution in [1.29, 1.82) is 0 Å². The number of nitrogens with zero attached hydrogens (tertiary/aromatic N) is 1. The molecule has 5 nitrogen and oxygen atoms in total. The Labute approximate surface area is 126 Å². The average Bonchev–Trinajstić information content (AvgIpc) is 2.97. The number of anilines is 2. The number of hydrogen-bond donors (Lipinski definition) is 2. The fraction of sp³-hybridized carbons (Fsp3) is 0.562. The third kappa shape index (κ3) is 5.36. The molecule has 0 aliphatic carbocycles. The van der Waals surface area contributed by atoms with Crippen molar-refractivity contribution in [3.05, 3.63) is 24.3 Å². The zero-order chi connectivity index (χ0) is 15.1. The van der Waals surface area contributed by atoms with E-state index in [-0.39, 0.29) is 5.91 Å². The van der Waals surface area contributed by atoms with Crippen molar-refractivity contribution in [1.82, 2.24) is 5.32 Å². The molecule has 1 aromatic carbocycles. The number of rotatable bonds is 7. The van der Waals surface area contributed by atoms with Crippen LogP contribution >= 0.6 is 0 Å². The first kappa shape index (κ1) is 15.8. The number of benzene rings is 1. The van der Waals surface area contributed by atoms with Gasteiger partial charge in [-0.15, -0.1) is 0 Å². The Morgan fingerprint density at radius 2 is 2.10 bits per heavy atom. The SMILES string of the molecule is CN(C)c1ccc(NC(=O)CCNCC2CCCO2)cc1. The van der Waals surface area contributed by atoms with Gasteiger partial charge in [-0.05, 0) is 37.1 Å². The van der Waals surface area contributed by atoms with Crippen LogP contribution in [-0.2, 0) is 9.53 Å². The maximum absolute atomic E-state index is 11.8. The van der Waals surface area contributed by atoms with Crippen molar-refractivity contribution >= 4 is 17.3 Å². The molecule has 116 valence electrons. The standard InChI is InChI=1S/C16H25N3O2/c1-19(2)14-7-5-13(6-8-14)18-16(20)9-10-17-12-15-4-3-11-21-15/h5-8,15,17H,3-4,9-12H2,1-2H3,(H,18,20). The normalized spacial score (nSPS) is 17.7. The smallest absolute Gasteiger partial charge is 0.225 e. The molecule has 0 bridgehead atoms. The maximum atomic E-state index is 11.8. The van der Waals surface area contributed by atoms with E-state index >= 15 is 0 Å². The lowest BCUT2D eigenvalue weighted by Gasteiger charge is -2.13. The summed E-state index contributed by atoms with van der Waals surface area (Å²) in [6.07, 6.45) is 3.07. The Hall–Kier alpha value is -1.59. The van der Waals surface area contributed by atoms with Crippen LogP contribution in [0.4, 0.5) is 11.4 Å². The Balaban J connectivity index is 1.64. The number of nitrogens with one attached hydrogen (secondary N) is 2. The molecule has 0 radical (unpaired) electrons. The fourth-order valence-corrected chi connectivity index (χ4v) is 2.34. The van der Waals surface area contributed by atoms with Crippen LogP contribution in [0.2, 0.25) is 0 Å². The van der Waals surface area contributed by atoms with Gasteiger partial charge in [0.25, 0.3) is 0 Å². The van der Waals surface area contributed by atoms with Gasteiger partial charge in [0.05, 0.1) is 6.10 Å². The number of carbonyl (C=O) groups is 1. The van der Waals surface area contributed by atoms with Crippen molar-refractivity contribution in [2.45, 2.75) is 25.4 Å². The highest BCUT2D eigenvalue weighted by Crippen LogP contribution is 2.15. The Morgan fingerprint density at radius 1 is 1.33 bits per heavy atom. The molecule has 1 aliphatic heterocycles. The summed E-state index contributed by atoms with van der Waals surface area (Å²) in [5.74, 6) is 0.0347. The van der Waals surface area contributed by atoms with E-state index in [9.17, 15) is 4.79 Å². The zero-order valence-corrected chi connectivity index (χ0v) is 12.9. The maximum Gasteiger partial charge on any atom is 0.225 e. The summed E-state index contributed by atoms with van der Waals surface area (Å²) >= 11 is 0. The summed E-state index contributed by atoms with van der Waals surface area (Å²) < 4.78 is 5.52. The third-order valence-corrected chi connectivity index (χ3v) is 3.59. The molecule has 0 aromatic heterocycles. The quantitative estimate of drug-likeness (QED) is 0.753. The van der Waals surface area contributed by atoms with E-state index in [4.69, 9.17) is 4.74 Å². The second kappa shape index (κ2) is 8.00. The van der Waals surface area contributed by atoms with E-state index in [0.29, 0.717) is 19.1 Å². The van der Waals surface area contributed by atoms with Gasteiger partial charge in [0, 0.05) is 51.6 Å². The molecule has 1 fully saturated rings. The minimum absolute atomic E-state index is 0.0347. The molecule has 1 unspecified atom stereocenters. The molecule has 1 aliphatic rings. The summed E-state index contributed by atoms with van der Waals surface area (Å²) in [5.41, 5.74) is 1.95. The molecular weight excluding hydrogens is 266 g/mol. The largest absolute Gasteiger partial charge is 0.378 e. The number of hydrogen-bond acceptors (Lipinski definition) is 4. The van der Waals surface area contributed by atoms with Crippen molar-refractivity contribution < 1.29 is 9.53 Å². The van der Waals surface area contributed by atoms with Crippen LogP contribution in [0, 0.1) is 0 Å². The van der Waals surface area contributed by atoms with Crippen LogP contribution in [0.15, 0.2) is 24.3 Å². The number of carbonyl (C=O) groups excluding carboxylic acids is 1. The van der Waals surface area contributed by atoms with Crippen LogP contribution in [-0.4, -0.2) is 45.8 Å². The van der Waals surface area contributed by atoms with Crippen molar-refractivity contribution in [2.75, 3.05) is 44.0 Å². The summed E-state index contributed by atoms with van der Waals surface area (Å²) in [4.78, 5) is 13.9. The Morgan fingerprint density at radius 3 is 2.71 bits per heavy atom. The van der Waals surface area contributed by atoms with Crippen LogP contribution in [0.1, 0.15) is 19.3 Å². The second-order valence-electron chi connectivity index (χ2n) is 5.58. The van der Waals surface area contributed by atoms with Gasteiger partial charge in [0.2, 0.25) is 5.91 Å². The van der Waals surface area contributed by atoms with Gasteiger partial charge in [-0.2, -0.15) is 0 Å². The van der Waals surface area contributed by atoms with Crippen LogP contribution < -0.4 is 15.5 Å². The minimum atomic E-state index is 0.0347. The lowest BCUT2D eigenvalue weighted by Crippen LogP contribution is -2.29. The second-order valence-corrected chi connectivity index (χ2v) is 5.58. The van der Waals surface area contributed by atoms with Gasteiger partial charge < -0.3 is 20.3 Å². The molecule has 1 aromatic rings. The molecule has 2 rings (SSSR count). The Kier molecular flexibility index (Phi) is 6.02. The molecule has 0 spiro atoms. The van der Waals surface area contributed by atoms with Crippen molar-refractivity contribution in [3.8, 4) is 0 Å². The molecule has 21 heavy (non-hydrogen) atoms. The molecule has 5 heteroatoms. The van der Waals surface area contributed by atoms with Gasteiger partial charge >= 0.3 is 0 Å². The summed E-state index contributed by atoms with van der Waals surface area (Å²) in [6, 6.07) is 7.83. The van der Waals surface area contributed by atoms with E-state index in [0.717, 1.165) is 37.4 Å². The van der Waals surface area contributed by atoms with Gasteiger partial charge in [-0.25, -0.2) is 0 Å². The molecule has 1 atom stereocenters. The van der Waals surface area contributed by atoms with Crippen LogP contribution in [0.5, 0.6) is 0 Å². The summed E-state index contributed by atoms with van der Waals surface area (Å²) in [5, 5.41) is 6.18. The average molecular weight is 291 g/mol. The monoisotopic (exact) mass is 291 g/mol. The van der Waals surface area contributed by atoms with Crippen LogP contribution in [0.25, 0.3) is 0 Å². The van der Waals surface area contributed by atoms with Crippen LogP contribution in [0.3, 0.4) is 0 Å². The van der Waals surface area contributed by atoms with E-state index in [1.54, 1.807) is 0 Å². The summed E-state index contributed by atoms with van der Waals surface area (Å²) in [7, 11) is 3.99. The number of amides is 1. The molecule has 1 heterocycles. The highest BCUT2D eigenvalue weighted by molar-refractivity contribution is 5.91. The van der Waals surface area contributed by atoms with Gasteiger partial charge in [0.15, 0.2) is 0 Å². The highest BCUT2D eigenvalue weighted by atomic mass is 16.5. The van der Waals surface area contributed by atoms with E-state index < -0.39 is 0 Å². The molecular formula is C16H25N3O2. The van der Waals surface area contributed by atoms with Gasteiger partial charge in [0.1, 0.15) is 0 Å². The van der Waals surface area contributed by atoms with E-state index in [2.05, 4.69) is 10.6 Å². The molecule has 1 amide bonds. The predicted octanol–water partition coefficient (Wildman–Crippen LogP) is 1.85. The van der Waals surface area contributed by atoms with Gasteiger partial charge in [-0.3, -0.25) is 4.79 Å². The first-order chi connectivity index (χ1) is 10.1. The fourth-order valence-electron chi connectivity index (χ4n) is 2.34. The number of ether oxygens (including phenoxy) is 1. The molecule has 0 saturated carbocycles. The van der Waals surface area contributed by atoms with Gasteiger partial charge in [-0.1, -0.05) is 0 Å². The van der Waals surface area contributed by atoms with E-state index in [1.807, 2.05) is 43.3 Å². The van der Waals surface area contributed by atoms with Crippen molar-refractivity contribution in [2.24, 2.45) is 0 Å². The third-order valence-electron chi connectivity index (χ3n) is 3.59.